The molecule has 9 nitrogen and oxygen atoms in total. The van der Waals surface area contributed by atoms with E-state index in [9.17, 15) is 23.3 Å². The molecule has 0 radical (unpaired) electrons. The zero-order valence-electron chi connectivity index (χ0n) is 10.7. The predicted molar refractivity (Wildman–Crippen MR) is 67.7 cm³/mol. The number of carbonyl (C=O) groups is 1. The molecule has 10 heteroatoms. The van der Waals surface area contributed by atoms with Crippen LogP contribution in [0.15, 0.2) is 16.5 Å². The fourth-order valence-corrected chi connectivity index (χ4v) is 2.75. The predicted octanol–water partition coefficient (Wildman–Crippen LogP) is -0.0948. The highest BCUT2D eigenvalue weighted by atomic mass is 32.2. The number of piperazine rings is 1. The minimum absolute atomic E-state index is 0.121. The van der Waals surface area contributed by atoms with E-state index in [-0.39, 0.29) is 31.9 Å². The summed E-state index contributed by atoms with van der Waals surface area (Å²) in [6.45, 7) is 0.849. The standard InChI is InChI=1S/C10H13N3O6S/c1-20(17,18)12-6-4-11(5-7-12)10(14)8-2-3-9(19-8)13(15)16/h2-3H,4-7H2,1H3. The van der Waals surface area contributed by atoms with Crippen molar-refractivity contribution in [2.75, 3.05) is 32.4 Å². The second-order valence-electron chi connectivity index (χ2n) is 4.35. The molecule has 1 aromatic heterocycles. The van der Waals surface area contributed by atoms with E-state index in [4.69, 9.17) is 4.42 Å². The van der Waals surface area contributed by atoms with E-state index in [0.29, 0.717) is 0 Å². The van der Waals surface area contributed by atoms with Crippen molar-refractivity contribution < 1.29 is 22.6 Å². The third-order valence-electron chi connectivity index (χ3n) is 2.98. The Labute approximate surface area is 115 Å². The lowest BCUT2D eigenvalue weighted by Crippen LogP contribution is -2.50. The highest BCUT2D eigenvalue weighted by Gasteiger charge is 2.28. The summed E-state index contributed by atoms with van der Waals surface area (Å²) in [5.74, 6) is -1.10. The molecule has 110 valence electrons. The lowest BCUT2D eigenvalue weighted by atomic mass is 10.3. The van der Waals surface area contributed by atoms with Crippen LogP contribution >= 0.6 is 0 Å². The number of sulfonamides is 1. The SMILES string of the molecule is CS(=O)(=O)N1CCN(C(=O)c2ccc([N+](=O)[O-])o2)CC1. The van der Waals surface area contributed by atoms with Crippen molar-refractivity contribution >= 4 is 21.8 Å². The second-order valence-corrected chi connectivity index (χ2v) is 6.33. The number of nitro groups is 1. The van der Waals surface area contributed by atoms with Gasteiger partial charge in [-0.1, -0.05) is 0 Å². The maximum atomic E-state index is 12.0. The van der Waals surface area contributed by atoms with Gasteiger partial charge in [0.1, 0.15) is 4.92 Å². The normalized spacial score (nSPS) is 17.1. The van der Waals surface area contributed by atoms with Gasteiger partial charge in [-0.15, -0.1) is 0 Å². The minimum Gasteiger partial charge on any atom is -0.395 e. The van der Waals surface area contributed by atoms with Crippen LogP contribution < -0.4 is 0 Å². The Kier molecular flexibility index (Phi) is 3.77. The molecule has 2 heterocycles. The Morgan fingerprint density at radius 1 is 1.30 bits per heavy atom. The monoisotopic (exact) mass is 303 g/mol. The molecule has 20 heavy (non-hydrogen) atoms. The molecule has 0 saturated carbocycles. The topological polar surface area (TPSA) is 114 Å². The number of nitrogens with zero attached hydrogens (tertiary/aromatic N) is 3. The molecule has 1 aromatic rings. The van der Waals surface area contributed by atoms with E-state index >= 15 is 0 Å². The number of furan rings is 1. The lowest BCUT2D eigenvalue weighted by molar-refractivity contribution is -0.402. The first kappa shape index (κ1) is 14.5. The molecule has 1 aliphatic rings. The first-order valence-corrected chi connectivity index (χ1v) is 7.62. The van der Waals surface area contributed by atoms with Crippen LogP contribution in [0.1, 0.15) is 10.6 Å². The van der Waals surface area contributed by atoms with Gasteiger partial charge in [-0.3, -0.25) is 14.9 Å². The molecule has 0 aliphatic carbocycles. The molecule has 1 saturated heterocycles. The fraction of sp³-hybridized carbons (Fsp3) is 0.500. The van der Waals surface area contributed by atoms with Crippen LogP contribution in [0.2, 0.25) is 0 Å². The van der Waals surface area contributed by atoms with Gasteiger partial charge in [0.05, 0.1) is 12.3 Å². The van der Waals surface area contributed by atoms with E-state index in [2.05, 4.69) is 0 Å². The summed E-state index contributed by atoms with van der Waals surface area (Å²) in [7, 11) is -3.26. The van der Waals surface area contributed by atoms with Crippen molar-refractivity contribution in [2.24, 2.45) is 0 Å². The van der Waals surface area contributed by atoms with Gasteiger partial charge in [-0.2, -0.15) is 4.31 Å². The molecular formula is C10H13N3O6S. The summed E-state index contributed by atoms with van der Waals surface area (Å²) in [5, 5.41) is 10.5. The van der Waals surface area contributed by atoms with Crippen molar-refractivity contribution in [3.8, 4) is 0 Å². The van der Waals surface area contributed by atoms with Gasteiger partial charge >= 0.3 is 5.88 Å². The van der Waals surface area contributed by atoms with E-state index < -0.39 is 26.7 Å². The molecule has 2 rings (SSSR count). The van der Waals surface area contributed by atoms with Crippen LogP contribution in [0.4, 0.5) is 5.88 Å². The molecule has 0 N–H and O–H groups in total. The summed E-state index contributed by atoms with van der Waals surface area (Å²) in [5.41, 5.74) is 0. The number of amides is 1. The van der Waals surface area contributed by atoms with Crippen molar-refractivity contribution in [3.05, 3.63) is 28.0 Å². The largest absolute Gasteiger partial charge is 0.433 e. The van der Waals surface area contributed by atoms with Crippen molar-refractivity contribution in [1.82, 2.24) is 9.21 Å². The minimum atomic E-state index is -3.26. The van der Waals surface area contributed by atoms with Gasteiger partial charge in [0.2, 0.25) is 10.0 Å². The molecule has 1 aliphatic heterocycles. The summed E-state index contributed by atoms with van der Waals surface area (Å²) in [4.78, 5) is 23.2. The zero-order chi connectivity index (χ0) is 14.9. The first-order valence-electron chi connectivity index (χ1n) is 5.77. The van der Waals surface area contributed by atoms with Crippen LogP contribution in [0.3, 0.4) is 0 Å². The smallest absolute Gasteiger partial charge is 0.395 e. The number of rotatable bonds is 3. The second kappa shape index (κ2) is 5.21. The Morgan fingerprint density at radius 2 is 1.90 bits per heavy atom. The van der Waals surface area contributed by atoms with Gasteiger partial charge in [0.25, 0.3) is 5.91 Å². The number of carbonyl (C=O) groups excluding carboxylic acids is 1. The van der Waals surface area contributed by atoms with E-state index in [1.807, 2.05) is 0 Å². The molecule has 0 spiro atoms. The number of hydrogen-bond acceptors (Lipinski definition) is 6. The highest BCUT2D eigenvalue weighted by molar-refractivity contribution is 7.88. The molecule has 0 bridgehead atoms. The lowest BCUT2D eigenvalue weighted by Gasteiger charge is -2.32. The molecule has 0 aromatic carbocycles. The van der Waals surface area contributed by atoms with Gasteiger partial charge in [-0.25, -0.2) is 8.42 Å². The molecular weight excluding hydrogens is 290 g/mol. The van der Waals surface area contributed by atoms with Crippen molar-refractivity contribution in [2.45, 2.75) is 0 Å². The first-order chi connectivity index (χ1) is 9.29. The Bertz CT molecular complexity index is 629. The third kappa shape index (κ3) is 2.96. The molecule has 0 unspecified atom stereocenters. The van der Waals surface area contributed by atoms with E-state index in [1.54, 1.807) is 0 Å². The van der Waals surface area contributed by atoms with Crippen LogP contribution in [-0.2, 0) is 10.0 Å². The highest BCUT2D eigenvalue weighted by Crippen LogP contribution is 2.18. The summed E-state index contributed by atoms with van der Waals surface area (Å²) in [6, 6.07) is 2.35. The molecule has 1 amide bonds. The quantitative estimate of drug-likeness (QED) is 0.569. The van der Waals surface area contributed by atoms with Crippen LogP contribution in [0, 0.1) is 10.1 Å². The maximum absolute atomic E-state index is 12.0. The maximum Gasteiger partial charge on any atom is 0.433 e. The van der Waals surface area contributed by atoms with Gasteiger partial charge in [0.15, 0.2) is 5.76 Å². The number of hydrogen-bond donors (Lipinski definition) is 0. The molecule has 1 fully saturated rings. The fourth-order valence-electron chi connectivity index (χ4n) is 1.92. The van der Waals surface area contributed by atoms with Crippen molar-refractivity contribution in [3.63, 3.8) is 0 Å². The summed E-state index contributed by atoms with van der Waals surface area (Å²) >= 11 is 0. The van der Waals surface area contributed by atoms with E-state index in [1.165, 1.54) is 15.3 Å². The van der Waals surface area contributed by atoms with Crippen LogP contribution in [0.25, 0.3) is 0 Å². The summed E-state index contributed by atoms with van der Waals surface area (Å²) in [6.07, 6.45) is 1.11. The van der Waals surface area contributed by atoms with Crippen LogP contribution in [-0.4, -0.2) is 60.9 Å². The van der Waals surface area contributed by atoms with E-state index in [0.717, 1.165) is 12.3 Å². The van der Waals surface area contributed by atoms with Gasteiger partial charge < -0.3 is 9.32 Å². The van der Waals surface area contributed by atoms with Crippen LogP contribution in [0.5, 0.6) is 0 Å². The zero-order valence-corrected chi connectivity index (χ0v) is 11.5. The Morgan fingerprint density at radius 3 is 2.35 bits per heavy atom. The van der Waals surface area contributed by atoms with Gasteiger partial charge in [0, 0.05) is 26.2 Å². The van der Waals surface area contributed by atoms with Crippen molar-refractivity contribution in [1.29, 1.82) is 0 Å². The third-order valence-corrected chi connectivity index (χ3v) is 4.28. The molecule has 0 atom stereocenters. The Balaban J connectivity index is 2.03. The Hall–Kier alpha value is -1.94. The average Bonchev–Trinajstić information content (AvgIpc) is 2.86. The summed E-state index contributed by atoms with van der Waals surface area (Å²) < 4.78 is 28.8. The van der Waals surface area contributed by atoms with Gasteiger partial charge in [-0.05, 0) is 6.07 Å². The average molecular weight is 303 g/mol.